The highest BCUT2D eigenvalue weighted by Crippen LogP contribution is 2.48. The average molecular weight is 379 g/mol. The molecule has 0 fully saturated rings. The van der Waals surface area contributed by atoms with E-state index in [1.165, 1.54) is 36.0 Å². The van der Waals surface area contributed by atoms with E-state index in [0.29, 0.717) is 5.56 Å². The maximum atomic E-state index is 11.5. The summed E-state index contributed by atoms with van der Waals surface area (Å²) < 4.78 is 4.73. The second-order valence-corrected chi connectivity index (χ2v) is 9.19. The molecule has 0 aliphatic heterocycles. The molecule has 1 aliphatic rings. The van der Waals surface area contributed by atoms with Crippen LogP contribution in [0.4, 0.5) is 0 Å². The molecule has 2 nitrogen and oxygen atoms in total. The molecule has 2 aromatic carbocycles. The van der Waals surface area contributed by atoms with Crippen LogP contribution >= 0.6 is 11.8 Å². The summed E-state index contributed by atoms with van der Waals surface area (Å²) in [6.07, 6.45) is 2.40. The Balaban J connectivity index is 1.86. The van der Waals surface area contributed by atoms with Crippen LogP contribution in [0.2, 0.25) is 0 Å². The molecule has 3 rings (SSSR count). The molecule has 27 heavy (non-hydrogen) atoms. The Morgan fingerprint density at radius 3 is 2.33 bits per heavy atom. The van der Waals surface area contributed by atoms with Gasteiger partial charge in [0.1, 0.15) is 0 Å². The van der Waals surface area contributed by atoms with Crippen molar-refractivity contribution in [3.8, 4) is 11.2 Å². The number of methoxy groups -OCH3 is 1. The molecular formula is C24H26O2S. The smallest absolute Gasteiger partial charge is 0.337 e. The normalized spacial score (nSPS) is 16.6. The van der Waals surface area contributed by atoms with Crippen molar-refractivity contribution in [1.82, 2.24) is 0 Å². The summed E-state index contributed by atoms with van der Waals surface area (Å²) in [5.74, 6) is 2.86. The zero-order valence-electron chi connectivity index (χ0n) is 16.7. The number of hydrogen-bond acceptors (Lipinski definition) is 3. The third-order valence-corrected chi connectivity index (χ3v) is 6.23. The molecule has 140 valence electrons. The van der Waals surface area contributed by atoms with E-state index in [9.17, 15) is 4.79 Å². The van der Waals surface area contributed by atoms with Gasteiger partial charge in [0.15, 0.2) is 0 Å². The Morgan fingerprint density at radius 2 is 1.67 bits per heavy atom. The van der Waals surface area contributed by atoms with Gasteiger partial charge in [-0.1, -0.05) is 45.7 Å². The number of hydrogen-bond donors (Lipinski definition) is 0. The maximum absolute atomic E-state index is 11.5. The van der Waals surface area contributed by atoms with E-state index in [0.717, 1.165) is 5.56 Å². The summed E-state index contributed by atoms with van der Waals surface area (Å²) in [4.78, 5) is 12.8. The van der Waals surface area contributed by atoms with Gasteiger partial charge in [0.25, 0.3) is 0 Å². The predicted molar refractivity (Wildman–Crippen MR) is 112 cm³/mol. The topological polar surface area (TPSA) is 26.3 Å². The molecule has 0 amide bonds. The van der Waals surface area contributed by atoms with E-state index in [2.05, 4.69) is 57.1 Å². The fourth-order valence-electron chi connectivity index (χ4n) is 3.71. The number of thioether (sulfide) groups is 1. The van der Waals surface area contributed by atoms with E-state index >= 15 is 0 Å². The van der Waals surface area contributed by atoms with Gasteiger partial charge in [-0.15, -0.1) is 0 Å². The molecule has 0 saturated heterocycles. The first-order valence-electron chi connectivity index (χ1n) is 9.25. The van der Waals surface area contributed by atoms with Crippen molar-refractivity contribution in [1.29, 1.82) is 0 Å². The Kier molecular flexibility index (Phi) is 5.40. The Bertz CT molecular complexity index is 912. The van der Waals surface area contributed by atoms with Gasteiger partial charge in [-0.05, 0) is 82.1 Å². The predicted octanol–water partition coefficient (Wildman–Crippen LogP) is 5.92. The largest absolute Gasteiger partial charge is 0.465 e. The van der Waals surface area contributed by atoms with E-state index in [1.807, 2.05) is 12.1 Å². The average Bonchev–Trinajstić information content (AvgIpc) is 2.65. The van der Waals surface area contributed by atoms with Gasteiger partial charge in [0.05, 0.1) is 12.7 Å². The third-order valence-electron chi connectivity index (χ3n) is 5.47. The highest BCUT2D eigenvalue weighted by atomic mass is 32.2. The summed E-state index contributed by atoms with van der Waals surface area (Å²) in [7, 11) is 1.38. The van der Waals surface area contributed by atoms with Crippen LogP contribution in [0.15, 0.2) is 47.4 Å². The number of benzene rings is 2. The van der Waals surface area contributed by atoms with Crippen LogP contribution in [-0.2, 0) is 15.6 Å². The molecule has 0 atom stereocenters. The lowest BCUT2D eigenvalue weighted by atomic mass is 9.63. The summed E-state index contributed by atoms with van der Waals surface area (Å²) in [6.45, 7) is 9.35. The molecule has 1 aliphatic carbocycles. The lowest BCUT2D eigenvalue weighted by Crippen LogP contribution is -2.34. The van der Waals surface area contributed by atoms with Crippen molar-refractivity contribution < 1.29 is 9.53 Å². The van der Waals surface area contributed by atoms with Crippen LogP contribution in [0, 0.1) is 11.2 Å². The first-order valence-corrected chi connectivity index (χ1v) is 10.1. The zero-order valence-corrected chi connectivity index (χ0v) is 17.5. The van der Waals surface area contributed by atoms with Crippen molar-refractivity contribution in [3.05, 3.63) is 64.7 Å². The van der Waals surface area contributed by atoms with Crippen LogP contribution in [0.25, 0.3) is 0 Å². The minimum Gasteiger partial charge on any atom is -0.465 e. The van der Waals surface area contributed by atoms with Crippen LogP contribution in [-0.4, -0.2) is 13.1 Å². The highest BCUT2D eigenvalue weighted by molar-refractivity contribution is 8.04. The van der Waals surface area contributed by atoms with Gasteiger partial charge in [-0.3, -0.25) is 0 Å². The monoisotopic (exact) mass is 378 g/mol. The van der Waals surface area contributed by atoms with Crippen LogP contribution < -0.4 is 0 Å². The molecule has 0 bridgehead atoms. The number of ether oxygens (including phenoxy) is 1. The summed E-state index contributed by atoms with van der Waals surface area (Å²) in [5.41, 5.74) is 4.70. The fraction of sp³-hybridized carbons (Fsp3) is 0.375. The van der Waals surface area contributed by atoms with Gasteiger partial charge in [-0.2, -0.15) is 0 Å². The quantitative estimate of drug-likeness (QED) is 0.368. The van der Waals surface area contributed by atoms with Gasteiger partial charge in [0, 0.05) is 10.5 Å². The zero-order chi connectivity index (χ0) is 19.7. The summed E-state index contributed by atoms with van der Waals surface area (Å²) in [6, 6.07) is 13.8. The number of carbonyl (C=O) groups is 1. The lowest BCUT2D eigenvalue weighted by molar-refractivity contribution is 0.0600. The molecule has 0 heterocycles. The first kappa shape index (κ1) is 19.6. The molecule has 3 heteroatoms. The molecule has 0 N–H and O–H groups in total. The fourth-order valence-corrected chi connectivity index (χ4v) is 4.62. The van der Waals surface area contributed by atoms with Gasteiger partial charge in [-0.25, -0.2) is 4.79 Å². The molecule has 0 aromatic heterocycles. The van der Waals surface area contributed by atoms with E-state index in [1.54, 1.807) is 23.9 Å². The second-order valence-electron chi connectivity index (χ2n) is 8.34. The Morgan fingerprint density at radius 1 is 1.00 bits per heavy atom. The minimum absolute atomic E-state index is 0.165. The van der Waals surface area contributed by atoms with E-state index < -0.39 is 0 Å². The summed E-state index contributed by atoms with van der Waals surface area (Å²) in [5, 5.41) is 3.25. The molecular weight excluding hydrogens is 352 g/mol. The van der Waals surface area contributed by atoms with Gasteiger partial charge in [0.2, 0.25) is 0 Å². The molecule has 0 spiro atoms. The van der Waals surface area contributed by atoms with Crippen molar-refractivity contribution in [2.75, 3.05) is 7.11 Å². The second kappa shape index (κ2) is 7.44. The summed E-state index contributed by atoms with van der Waals surface area (Å²) >= 11 is 1.60. The van der Waals surface area contributed by atoms with Gasteiger partial charge >= 0.3 is 5.97 Å². The lowest BCUT2D eigenvalue weighted by Gasteiger charge is -2.42. The van der Waals surface area contributed by atoms with E-state index in [-0.39, 0.29) is 16.8 Å². The molecule has 0 unspecified atom stereocenters. The van der Waals surface area contributed by atoms with Crippen LogP contribution in [0.5, 0.6) is 0 Å². The van der Waals surface area contributed by atoms with Crippen molar-refractivity contribution in [3.63, 3.8) is 0 Å². The molecule has 2 aromatic rings. The first-order chi connectivity index (χ1) is 12.7. The number of fused-ring (bicyclic) bond motifs is 1. The highest BCUT2D eigenvalue weighted by Gasteiger charge is 2.38. The van der Waals surface area contributed by atoms with Crippen LogP contribution in [0.3, 0.4) is 0 Å². The van der Waals surface area contributed by atoms with Crippen LogP contribution in [0.1, 0.15) is 67.6 Å². The number of carbonyl (C=O) groups excluding carboxylic acids is 1. The molecule has 0 saturated carbocycles. The number of rotatable bonds is 2. The maximum Gasteiger partial charge on any atom is 0.337 e. The minimum atomic E-state index is -0.329. The Hall–Kier alpha value is -2.18. The SMILES string of the molecule is COC(=O)c1ccc(C#CSc2cccc3c2C(C)(C)CCC3(C)C)cc1. The van der Waals surface area contributed by atoms with Gasteiger partial charge < -0.3 is 4.74 Å². The third kappa shape index (κ3) is 4.06. The Labute approximate surface area is 166 Å². The van der Waals surface area contributed by atoms with E-state index in [4.69, 9.17) is 4.74 Å². The standard InChI is InChI=1S/C24H26O2S/c1-23(2)14-15-24(3,4)21-19(23)7-6-8-20(21)27-16-13-17-9-11-18(12-10-17)22(25)26-5/h6-12H,14-15H2,1-5H3. The van der Waals surface area contributed by atoms with Crippen molar-refractivity contribution in [2.45, 2.75) is 56.3 Å². The van der Waals surface area contributed by atoms with Crippen molar-refractivity contribution in [2.24, 2.45) is 0 Å². The van der Waals surface area contributed by atoms with Crippen molar-refractivity contribution >= 4 is 17.7 Å². The number of esters is 1. The molecule has 0 radical (unpaired) electrons.